The summed E-state index contributed by atoms with van der Waals surface area (Å²) in [4.78, 5) is 9.29. The topological polar surface area (TPSA) is 87.9 Å². The zero-order valence-corrected chi connectivity index (χ0v) is 20.8. The molecule has 162 valence electrons. The number of imidazole rings is 1. The van der Waals surface area contributed by atoms with Crippen molar-refractivity contribution >= 4 is 45.4 Å². The molecular formula is C21H28IN5O2S. The highest BCUT2D eigenvalue weighted by Gasteiger charge is 2.11. The van der Waals surface area contributed by atoms with Gasteiger partial charge in [-0.2, -0.15) is 0 Å². The molecule has 1 aromatic carbocycles. The highest BCUT2D eigenvalue weighted by Crippen LogP contribution is 2.16. The molecule has 0 unspecified atom stereocenters. The van der Waals surface area contributed by atoms with Crippen molar-refractivity contribution in [1.82, 2.24) is 20.0 Å². The molecule has 7 nitrogen and oxygen atoms in total. The summed E-state index contributed by atoms with van der Waals surface area (Å²) >= 11 is 0. The van der Waals surface area contributed by atoms with Crippen molar-refractivity contribution in [3.05, 3.63) is 65.1 Å². The maximum absolute atomic E-state index is 11.7. The van der Waals surface area contributed by atoms with Crippen LogP contribution in [0.5, 0.6) is 0 Å². The number of hydrogen-bond acceptors (Lipinski definition) is 4. The molecule has 0 aliphatic rings. The molecule has 9 heteroatoms. The summed E-state index contributed by atoms with van der Waals surface area (Å²) in [6.07, 6.45) is 6.06. The summed E-state index contributed by atoms with van der Waals surface area (Å²) in [6.45, 7) is 5.12. The summed E-state index contributed by atoms with van der Waals surface area (Å²) in [5.41, 5.74) is 4.90. The van der Waals surface area contributed by atoms with Crippen LogP contribution in [0, 0.1) is 13.8 Å². The Bertz CT molecular complexity index is 1160. The quantitative estimate of drug-likeness (QED) is 0.285. The van der Waals surface area contributed by atoms with Gasteiger partial charge in [-0.15, -0.1) is 24.0 Å². The fourth-order valence-electron chi connectivity index (χ4n) is 3.28. The van der Waals surface area contributed by atoms with Crippen LogP contribution in [0.15, 0.2) is 52.6 Å². The van der Waals surface area contributed by atoms with Crippen LogP contribution in [0.2, 0.25) is 0 Å². The molecule has 2 N–H and O–H groups in total. The van der Waals surface area contributed by atoms with Crippen LogP contribution < -0.4 is 10.6 Å². The Balaban J connectivity index is 0.00000320. The maximum Gasteiger partial charge on any atom is 0.191 e. The van der Waals surface area contributed by atoms with Gasteiger partial charge in [0.1, 0.15) is 5.65 Å². The summed E-state index contributed by atoms with van der Waals surface area (Å²) < 4.78 is 25.5. The summed E-state index contributed by atoms with van der Waals surface area (Å²) in [7, 11) is -1.48. The second kappa shape index (κ2) is 10.3. The minimum absolute atomic E-state index is 0. The number of aliphatic imine (C=N–C) groups is 1. The van der Waals surface area contributed by atoms with E-state index < -0.39 is 9.84 Å². The van der Waals surface area contributed by atoms with Gasteiger partial charge in [-0.1, -0.05) is 18.2 Å². The molecule has 0 atom stereocenters. The predicted octanol–water partition coefficient (Wildman–Crippen LogP) is 2.88. The number of halogens is 1. The molecule has 2 heterocycles. The van der Waals surface area contributed by atoms with E-state index in [1.54, 1.807) is 13.1 Å². The molecule has 0 aliphatic heterocycles. The van der Waals surface area contributed by atoms with Crippen LogP contribution in [-0.4, -0.2) is 43.6 Å². The molecule has 2 aromatic heterocycles. The summed E-state index contributed by atoms with van der Waals surface area (Å²) in [6, 6.07) is 9.43. The van der Waals surface area contributed by atoms with Crippen LogP contribution in [0.4, 0.5) is 0 Å². The van der Waals surface area contributed by atoms with E-state index >= 15 is 0 Å². The standard InChI is InChI=1S/C21H27N5O2S.HI/c1-15-6-5-11-26-14-18(25-20(15)26)9-10-23-21(22-3)24-13-17-7-8-19(16(2)12-17)29(4,27)28;/h5-8,11-12,14H,9-10,13H2,1-4H3,(H2,22,23,24);1H. The smallest absolute Gasteiger partial charge is 0.191 e. The number of pyridine rings is 1. The first-order chi connectivity index (χ1) is 13.8. The molecule has 3 rings (SSSR count). The van der Waals surface area contributed by atoms with E-state index in [0.29, 0.717) is 23.9 Å². The number of aryl methyl sites for hydroxylation is 2. The third-order valence-corrected chi connectivity index (χ3v) is 5.98. The van der Waals surface area contributed by atoms with Gasteiger partial charge in [-0.05, 0) is 42.7 Å². The largest absolute Gasteiger partial charge is 0.356 e. The minimum Gasteiger partial charge on any atom is -0.356 e. The molecule has 3 aromatic rings. The van der Waals surface area contributed by atoms with Crippen LogP contribution in [0.25, 0.3) is 5.65 Å². The Morgan fingerprint density at radius 2 is 1.93 bits per heavy atom. The molecule has 30 heavy (non-hydrogen) atoms. The van der Waals surface area contributed by atoms with Gasteiger partial charge in [0.2, 0.25) is 0 Å². The average Bonchev–Trinajstić information content (AvgIpc) is 3.08. The van der Waals surface area contributed by atoms with Gasteiger partial charge < -0.3 is 15.0 Å². The van der Waals surface area contributed by atoms with E-state index in [9.17, 15) is 8.42 Å². The van der Waals surface area contributed by atoms with E-state index in [2.05, 4.69) is 33.6 Å². The Labute approximate surface area is 195 Å². The number of sulfone groups is 1. The first kappa shape index (κ1) is 24.1. The van der Waals surface area contributed by atoms with E-state index in [-0.39, 0.29) is 24.0 Å². The lowest BCUT2D eigenvalue weighted by Crippen LogP contribution is -2.37. The highest BCUT2D eigenvalue weighted by molar-refractivity contribution is 14.0. The number of benzene rings is 1. The van der Waals surface area contributed by atoms with Gasteiger partial charge in [0.15, 0.2) is 15.8 Å². The van der Waals surface area contributed by atoms with Gasteiger partial charge in [0.25, 0.3) is 0 Å². The van der Waals surface area contributed by atoms with Crippen LogP contribution in [0.3, 0.4) is 0 Å². The zero-order valence-electron chi connectivity index (χ0n) is 17.6. The van der Waals surface area contributed by atoms with Crippen molar-refractivity contribution in [3.63, 3.8) is 0 Å². The van der Waals surface area contributed by atoms with Crippen molar-refractivity contribution in [2.24, 2.45) is 4.99 Å². The summed E-state index contributed by atoms with van der Waals surface area (Å²) in [5, 5.41) is 6.55. The number of nitrogens with one attached hydrogen (secondary N) is 2. The molecule has 0 aliphatic carbocycles. The van der Waals surface area contributed by atoms with Crippen molar-refractivity contribution in [1.29, 1.82) is 0 Å². The number of guanidine groups is 1. The number of rotatable bonds is 6. The van der Waals surface area contributed by atoms with Gasteiger partial charge in [-0.3, -0.25) is 4.99 Å². The van der Waals surface area contributed by atoms with Crippen LogP contribution >= 0.6 is 24.0 Å². The molecular weight excluding hydrogens is 513 g/mol. The van der Waals surface area contributed by atoms with Crippen molar-refractivity contribution in [2.75, 3.05) is 19.8 Å². The Kier molecular flexibility index (Phi) is 8.25. The monoisotopic (exact) mass is 541 g/mol. The predicted molar refractivity (Wildman–Crippen MR) is 132 cm³/mol. The van der Waals surface area contributed by atoms with E-state index in [1.165, 1.54) is 6.26 Å². The fourth-order valence-corrected chi connectivity index (χ4v) is 4.24. The van der Waals surface area contributed by atoms with Crippen LogP contribution in [0.1, 0.15) is 22.4 Å². The fraction of sp³-hybridized carbons (Fsp3) is 0.333. The van der Waals surface area contributed by atoms with E-state index in [4.69, 9.17) is 0 Å². The second-order valence-corrected chi connectivity index (χ2v) is 9.11. The number of aromatic nitrogens is 2. The lowest BCUT2D eigenvalue weighted by molar-refractivity contribution is 0.601. The highest BCUT2D eigenvalue weighted by atomic mass is 127. The third-order valence-electron chi connectivity index (χ3n) is 4.72. The number of nitrogens with zero attached hydrogens (tertiary/aromatic N) is 3. The molecule has 0 saturated heterocycles. The normalized spacial score (nSPS) is 11.9. The molecule has 0 spiro atoms. The van der Waals surface area contributed by atoms with Crippen molar-refractivity contribution < 1.29 is 8.42 Å². The zero-order chi connectivity index (χ0) is 21.0. The molecule has 0 amide bonds. The first-order valence-corrected chi connectivity index (χ1v) is 11.3. The van der Waals surface area contributed by atoms with Crippen LogP contribution in [-0.2, 0) is 22.8 Å². The Morgan fingerprint density at radius 1 is 1.17 bits per heavy atom. The third kappa shape index (κ3) is 5.94. The Morgan fingerprint density at radius 3 is 2.57 bits per heavy atom. The van der Waals surface area contributed by atoms with Gasteiger partial charge >= 0.3 is 0 Å². The van der Waals surface area contributed by atoms with Crippen molar-refractivity contribution in [2.45, 2.75) is 31.7 Å². The second-order valence-electron chi connectivity index (χ2n) is 7.13. The number of fused-ring (bicyclic) bond motifs is 1. The first-order valence-electron chi connectivity index (χ1n) is 9.45. The number of hydrogen-bond donors (Lipinski definition) is 2. The van der Waals surface area contributed by atoms with Gasteiger partial charge in [0, 0.05) is 45.2 Å². The van der Waals surface area contributed by atoms with Gasteiger partial charge in [-0.25, -0.2) is 13.4 Å². The average molecular weight is 541 g/mol. The van der Waals surface area contributed by atoms with E-state index in [1.807, 2.05) is 41.9 Å². The summed E-state index contributed by atoms with van der Waals surface area (Å²) in [5.74, 6) is 0.690. The molecule has 0 fully saturated rings. The minimum atomic E-state index is -3.20. The SMILES string of the molecule is CN=C(NCCc1cn2cccc(C)c2n1)NCc1ccc(S(C)(=O)=O)c(C)c1.I. The Hall–Kier alpha value is -2.14. The van der Waals surface area contributed by atoms with Gasteiger partial charge in [0.05, 0.1) is 10.6 Å². The molecule has 0 bridgehead atoms. The lowest BCUT2D eigenvalue weighted by atomic mass is 10.1. The lowest BCUT2D eigenvalue weighted by Gasteiger charge is -2.12. The van der Waals surface area contributed by atoms with E-state index in [0.717, 1.165) is 34.5 Å². The van der Waals surface area contributed by atoms with Crippen molar-refractivity contribution in [3.8, 4) is 0 Å². The molecule has 0 radical (unpaired) electrons. The molecule has 0 saturated carbocycles. The maximum atomic E-state index is 11.7.